The number of hydrogen-bond donors (Lipinski definition) is 2. The summed E-state index contributed by atoms with van der Waals surface area (Å²) in [6.45, 7) is 1.07. The molecule has 0 atom stereocenters. The molecule has 3 aromatic rings. The minimum atomic E-state index is -3.65. The summed E-state index contributed by atoms with van der Waals surface area (Å²) in [6.07, 6.45) is 7.69. The number of ether oxygens (including phenoxy) is 1. The van der Waals surface area contributed by atoms with Crippen LogP contribution >= 0.6 is 12.4 Å². The van der Waals surface area contributed by atoms with Crippen molar-refractivity contribution in [1.29, 1.82) is 0 Å². The highest BCUT2D eigenvalue weighted by Gasteiger charge is 2.18. The maximum atomic E-state index is 12.8. The number of rotatable bonds is 8. The van der Waals surface area contributed by atoms with Crippen molar-refractivity contribution < 1.29 is 13.2 Å². The van der Waals surface area contributed by atoms with Gasteiger partial charge in [0.15, 0.2) is 0 Å². The van der Waals surface area contributed by atoms with Crippen LogP contribution in [0, 0.1) is 0 Å². The summed E-state index contributed by atoms with van der Waals surface area (Å²) in [5.74, 6) is 0.608. The van der Waals surface area contributed by atoms with E-state index >= 15 is 0 Å². The molecule has 1 aromatic heterocycles. The molecule has 1 aliphatic carbocycles. The Hall–Kier alpha value is -2.77. The van der Waals surface area contributed by atoms with Gasteiger partial charge in [-0.25, -0.2) is 8.42 Å². The predicted molar refractivity (Wildman–Crippen MR) is 126 cm³/mol. The summed E-state index contributed by atoms with van der Waals surface area (Å²) in [5.41, 5.74) is 3.85. The number of fused-ring (bicyclic) bond motifs is 1. The minimum absolute atomic E-state index is 0. The summed E-state index contributed by atoms with van der Waals surface area (Å²) in [7, 11) is -3.65. The first-order valence-corrected chi connectivity index (χ1v) is 11.6. The quantitative estimate of drug-likeness (QED) is 0.478. The Bertz CT molecular complexity index is 1110. The van der Waals surface area contributed by atoms with Gasteiger partial charge in [0, 0.05) is 30.7 Å². The van der Waals surface area contributed by atoms with Crippen molar-refractivity contribution in [2.45, 2.75) is 30.6 Å². The van der Waals surface area contributed by atoms with Crippen LogP contribution in [0.5, 0.6) is 5.75 Å². The lowest BCUT2D eigenvalue weighted by molar-refractivity contribution is 0.333. The molecular weight excluding hydrogens is 434 g/mol. The SMILES string of the molecule is Cl.O=S(=O)(Nc1cccc(OCCNc2ccncc2)c1)c1ccc2c(c1)CCCC2. The molecule has 2 aromatic carbocycles. The van der Waals surface area contributed by atoms with Crippen LogP contribution in [0.25, 0.3) is 0 Å². The Morgan fingerprint density at radius 2 is 1.68 bits per heavy atom. The molecule has 0 fully saturated rings. The van der Waals surface area contributed by atoms with Gasteiger partial charge in [0.2, 0.25) is 0 Å². The van der Waals surface area contributed by atoms with Crippen LogP contribution in [0.4, 0.5) is 11.4 Å². The molecule has 0 spiro atoms. The number of nitrogens with zero attached hydrogens (tertiary/aromatic N) is 1. The number of hydrogen-bond acceptors (Lipinski definition) is 5. The zero-order valence-electron chi connectivity index (χ0n) is 17.1. The number of halogens is 1. The third-order valence-corrected chi connectivity index (χ3v) is 6.48. The topological polar surface area (TPSA) is 80.3 Å². The van der Waals surface area contributed by atoms with Gasteiger partial charge in [0.05, 0.1) is 10.6 Å². The molecule has 0 bridgehead atoms. The smallest absolute Gasteiger partial charge is 0.261 e. The van der Waals surface area contributed by atoms with Gasteiger partial charge >= 0.3 is 0 Å². The Morgan fingerprint density at radius 3 is 2.48 bits per heavy atom. The van der Waals surface area contributed by atoms with Gasteiger partial charge in [-0.1, -0.05) is 12.1 Å². The summed E-state index contributed by atoms with van der Waals surface area (Å²) in [4.78, 5) is 4.28. The van der Waals surface area contributed by atoms with Crippen LogP contribution in [0.15, 0.2) is 71.9 Å². The van der Waals surface area contributed by atoms with Gasteiger partial charge in [-0.2, -0.15) is 0 Å². The van der Waals surface area contributed by atoms with Crippen molar-refractivity contribution in [2.75, 3.05) is 23.2 Å². The normalized spacial score (nSPS) is 12.9. The number of aryl methyl sites for hydroxylation is 2. The molecule has 1 aliphatic rings. The Balaban J connectivity index is 0.00000272. The second kappa shape index (κ2) is 10.5. The van der Waals surface area contributed by atoms with Gasteiger partial charge in [0.25, 0.3) is 10.0 Å². The van der Waals surface area contributed by atoms with Gasteiger partial charge in [0.1, 0.15) is 12.4 Å². The van der Waals surface area contributed by atoms with E-state index in [0.717, 1.165) is 30.5 Å². The van der Waals surface area contributed by atoms with Crippen LogP contribution in [-0.4, -0.2) is 26.6 Å². The molecule has 164 valence electrons. The summed E-state index contributed by atoms with van der Waals surface area (Å²) >= 11 is 0. The molecule has 8 heteroatoms. The van der Waals surface area contributed by atoms with Gasteiger partial charge in [-0.15, -0.1) is 12.4 Å². The monoisotopic (exact) mass is 459 g/mol. The van der Waals surface area contributed by atoms with E-state index in [4.69, 9.17) is 4.74 Å². The molecule has 0 unspecified atom stereocenters. The van der Waals surface area contributed by atoms with E-state index < -0.39 is 10.0 Å². The third kappa shape index (κ3) is 6.12. The van der Waals surface area contributed by atoms with Crippen molar-refractivity contribution in [1.82, 2.24) is 4.98 Å². The molecule has 2 N–H and O–H groups in total. The van der Waals surface area contributed by atoms with Crippen molar-refractivity contribution in [3.05, 3.63) is 78.1 Å². The molecule has 0 aliphatic heterocycles. The fourth-order valence-electron chi connectivity index (χ4n) is 3.57. The van der Waals surface area contributed by atoms with E-state index in [1.165, 1.54) is 12.0 Å². The number of anilines is 2. The number of aromatic nitrogens is 1. The molecule has 0 radical (unpaired) electrons. The fraction of sp³-hybridized carbons (Fsp3) is 0.261. The van der Waals surface area contributed by atoms with Crippen molar-refractivity contribution >= 4 is 33.8 Å². The van der Waals surface area contributed by atoms with Crippen molar-refractivity contribution in [2.24, 2.45) is 0 Å². The highest BCUT2D eigenvalue weighted by atomic mass is 35.5. The molecule has 4 rings (SSSR count). The molecule has 0 saturated carbocycles. The lowest BCUT2D eigenvalue weighted by atomic mass is 9.92. The zero-order valence-corrected chi connectivity index (χ0v) is 18.7. The van der Waals surface area contributed by atoms with Crippen LogP contribution < -0.4 is 14.8 Å². The second-order valence-corrected chi connectivity index (χ2v) is 8.96. The van der Waals surface area contributed by atoms with Crippen LogP contribution in [-0.2, 0) is 22.9 Å². The highest BCUT2D eigenvalue weighted by molar-refractivity contribution is 7.92. The number of benzene rings is 2. The number of pyridine rings is 1. The fourth-order valence-corrected chi connectivity index (χ4v) is 4.67. The molecule has 31 heavy (non-hydrogen) atoms. The average Bonchev–Trinajstić information content (AvgIpc) is 2.77. The van der Waals surface area contributed by atoms with E-state index in [-0.39, 0.29) is 12.4 Å². The van der Waals surface area contributed by atoms with Gasteiger partial charge in [-0.3, -0.25) is 9.71 Å². The predicted octanol–water partition coefficient (Wildman–Crippen LogP) is 4.67. The first-order chi connectivity index (χ1) is 14.6. The van der Waals surface area contributed by atoms with E-state index in [2.05, 4.69) is 15.0 Å². The summed E-state index contributed by atoms with van der Waals surface area (Å²) < 4.78 is 34.1. The van der Waals surface area contributed by atoms with E-state index in [1.807, 2.05) is 30.3 Å². The standard InChI is InChI=1S/C23H25N3O3S.ClH/c27-30(28,23-9-8-18-4-1-2-5-19(18)16-23)26-21-6-3-7-22(17-21)29-15-14-25-20-10-12-24-13-11-20;/h3,6-13,16-17,26H,1-2,4-5,14-15H2,(H,24,25);1H. The maximum Gasteiger partial charge on any atom is 0.261 e. The van der Waals surface area contributed by atoms with Gasteiger partial charge in [-0.05, 0) is 73.2 Å². The van der Waals surface area contributed by atoms with Crippen molar-refractivity contribution in [3.63, 3.8) is 0 Å². The molecule has 0 saturated heterocycles. The largest absolute Gasteiger partial charge is 0.492 e. The summed E-state index contributed by atoms with van der Waals surface area (Å²) in [6, 6.07) is 16.2. The minimum Gasteiger partial charge on any atom is -0.492 e. The van der Waals surface area contributed by atoms with E-state index in [1.54, 1.807) is 36.7 Å². The molecule has 6 nitrogen and oxygen atoms in total. The van der Waals surface area contributed by atoms with Crippen LogP contribution in [0.2, 0.25) is 0 Å². The molecular formula is C23H26ClN3O3S. The van der Waals surface area contributed by atoms with E-state index in [0.29, 0.717) is 29.5 Å². The van der Waals surface area contributed by atoms with E-state index in [9.17, 15) is 8.42 Å². The Kier molecular flexibility index (Phi) is 7.76. The highest BCUT2D eigenvalue weighted by Crippen LogP contribution is 2.26. The van der Waals surface area contributed by atoms with Gasteiger partial charge < -0.3 is 10.1 Å². The average molecular weight is 460 g/mol. The maximum absolute atomic E-state index is 12.8. The number of nitrogens with one attached hydrogen (secondary N) is 2. The Morgan fingerprint density at radius 1 is 0.903 bits per heavy atom. The number of sulfonamides is 1. The zero-order chi connectivity index (χ0) is 20.8. The summed E-state index contributed by atoms with van der Waals surface area (Å²) in [5, 5.41) is 3.24. The Labute approximate surface area is 189 Å². The van der Waals surface area contributed by atoms with Crippen LogP contribution in [0.1, 0.15) is 24.0 Å². The molecule has 1 heterocycles. The second-order valence-electron chi connectivity index (χ2n) is 7.28. The lowest BCUT2D eigenvalue weighted by Gasteiger charge is -2.17. The molecule has 0 amide bonds. The third-order valence-electron chi connectivity index (χ3n) is 5.10. The first kappa shape index (κ1) is 22.9. The first-order valence-electron chi connectivity index (χ1n) is 10.1. The lowest BCUT2D eigenvalue weighted by Crippen LogP contribution is -2.15. The van der Waals surface area contributed by atoms with Crippen molar-refractivity contribution in [3.8, 4) is 5.75 Å². The van der Waals surface area contributed by atoms with Crippen LogP contribution in [0.3, 0.4) is 0 Å².